The maximum absolute atomic E-state index is 6.30. The molecule has 92 valence electrons. The third-order valence-electron chi connectivity index (χ3n) is 2.85. The lowest BCUT2D eigenvalue weighted by atomic mass is 10.2. The van der Waals surface area contributed by atoms with E-state index in [-0.39, 0.29) is 6.10 Å². The quantitative estimate of drug-likeness (QED) is 0.859. The Morgan fingerprint density at radius 1 is 1.41 bits per heavy atom. The van der Waals surface area contributed by atoms with E-state index in [4.69, 9.17) is 16.3 Å². The van der Waals surface area contributed by atoms with Crippen molar-refractivity contribution in [1.29, 1.82) is 0 Å². The molecule has 1 aromatic carbocycles. The summed E-state index contributed by atoms with van der Waals surface area (Å²) in [4.78, 5) is 3.32. The highest BCUT2D eigenvalue weighted by Gasteiger charge is 2.08. The minimum atomic E-state index is 0.207. The number of H-pyrrole nitrogens is 1. The Kier molecular flexibility index (Phi) is 4.05. The van der Waals surface area contributed by atoms with Crippen LogP contribution in [0.4, 0.5) is 0 Å². The fraction of sp³-hybridized carbons (Fsp3) is 0.385. The van der Waals surface area contributed by atoms with Crippen molar-refractivity contribution in [1.82, 2.24) is 10.3 Å². The van der Waals surface area contributed by atoms with E-state index in [1.165, 1.54) is 0 Å². The first-order chi connectivity index (χ1) is 8.22. The van der Waals surface area contributed by atoms with Crippen LogP contribution in [0.2, 0.25) is 5.02 Å². The van der Waals surface area contributed by atoms with Crippen molar-refractivity contribution in [3.8, 4) is 0 Å². The zero-order valence-corrected chi connectivity index (χ0v) is 10.8. The number of hydrogen-bond donors (Lipinski definition) is 2. The van der Waals surface area contributed by atoms with E-state index in [1.807, 2.05) is 31.2 Å². The molecular formula is C13H17ClN2O. The second-order valence-electron chi connectivity index (χ2n) is 4.14. The number of methoxy groups -OCH3 is 1. The van der Waals surface area contributed by atoms with Crippen LogP contribution in [0.3, 0.4) is 0 Å². The van der Waals surface area contributed by atoms with Gasteiger partial charge in [0, 0.05) is 36.8 Å². The Hall–Kier alpha value is -1.03. The molecule has 1 unspecified atom stereocenters. The number of aromatic amines is 1. The lowest BCUT2D eigenvalue weighted by molar-refractivity contribution is 0.117. The summed E-state index contributed by atoms with van der Waals surface area (Å²) in [7, 11) is 1.71. The molecule has 1 atom stereocenters. The third kappa shape index (κ3) is 2.80. The summed E-state index contributed by atoms with van der Waals surface area (Å²) in [6, 6.07) is 8.05. The molecule has 0 saturated heterocycles. The molecule has 0 aliphatic heterocycles. The maximum atomic E-state index is 6.30. The summed E-state index contributed by atoms with van der Waals surface area (Å²) < 4.78 is 5.17. The van der Waals surface area contributed by atoms with E-state index in [0.717, 1.165) is 34.7 Å². The summed E-state index contributed by atoms with van der Waals surface area (Å²) in [6.45, 7) is 3.56. The molecule has 2 N–H and O–H groups in total. The molecule has 0 fully saturated rings. The van der Waals surface area contributed by atoms with Gasteiger partial charge in [-0.15, -0.1) is 0 Å². The number of ether oxygens (including phenoxy) is 1. The number of aromatic nitrogens is 1. The van der Waals surface area contributed by atoms with Gasteiger partial charge in [0.25, 0.3) is 0 Å². The fourth-order valence-corrected chi connectivity index (χ4v) is 2.05. The molecule has 3 nitrogen and oxygen atoms in total. The molecule has 0 radical (unpaired) electrons. The van der Waals surface area contributed by atoms with Crippen LogP contribution < -0.4 is 5.32 Å². The van der Waals surface area contributed by atoms with Crippen LogP contribution in [0, 0.1) is 0 Å². The Labute approximate surface area is 106 Å². The van der Waals surface area contributed by atoms with Crippen LogP contribution in [-0.2, 0) is 11.3 Å². The average Bonchev–Trinajstić information content (AvgIpc) is 2.67. The Bertz CT molecular complexity index is 495. The largest absolute Gasteiger partial charge is 0.380 e. The Morgan fingerprint density at radius 2 is 2.18 bits per heavy atom. The van der Waals surface area contributed by atoms with Gasteiger partial charge in [0.1, 0.15) is 0 Å². The van der Waals surface area contributed by atoms with Crippen LogP contribution >= 0.6 is 11.6 Å². The molecule has 17 heavy (non-hydrogen) atoms. The fourth-order valence-electron chi connectivity index (χ4n) is 1.77. The number of fused-ring (bicyclic) bond motifs is 1. The average molecular weight is 253 g/mol. The molecule has 1 heterocycles. The van der Waals surface area contributed by atoms with Gasteiger partial charge in [-0.05, 0) is 13.0 Å². The summed E-state index contributed by atoms with van der Waals surface area (Å²) in [5.74, 6) is 0. The van der Waals surface area contributed by atoms with Crippen molar-refractivity contribution in [3.05, 3.63) is 35.0 Å². The number of hydrogen-bond acceptors (Lipinski definition) is 2. The van der Waals surface area contributed by atoms with Gasteiger partial charge in [-0.25, -0.2) is 0 Å². The molecule has 0 bridgehead atoms. The standard InChI is InChI=1S/C13H17ClN2O/c1-9(17-2)7-15-8-12-13(14)10-5-3-4-6-11(10)16-12/h3-6,9,15-16H,7-8H2,1-2H3. The zero-order chi connectivity index (χ0) is 12.3. The molecule has 0 amide bonds. The molecular weight excluding hydrogens is 236 g/mol. The number of halogens is 1. The van der Waals surface area contributed by atoms with Crippen molar-refractivity contribution >= 4 is 22.5 Å². The molecule has 4 heteroatoms. The van der Waals surface area contributed by atoms with Crippen molar-refractivity contribution in [3.63, 3.8) is 0 Å². The monoisotopic (exact) mass is 252 g/mol. The summed E-state index contributed by atoms with van der Waals surface area (Å²) >= 11 is 6.30. The second kappa shape index (κ2) is 5.54. The van der Waals surface area contributed by atoms with E-state index in [1.54, 1.807) is 7.11 Å². The van der Waals surface area contributed by atoms with Crippen molar-refractivity contribution < 1.29 is 4.74 Å². The van der Waals surface area contributed by atoms with Crippen LogP contribution in [-0.4, -0.2) is 24.7 Å². The van der Waals surface area contributed by atoms with Gasteiger partial charge in [0.05, 0.1) is 11.1 Å². The molecule has 1 aromatic heterocycles. The van der Waals surface area contributed by atoms with Gasteiger partial charge >= 0.3 is 0 Å². The third-order valence-corrected chi connectivity index (χ3v) is 3.28. The first-order valence-electron chi connectivity index (χ1n) is 5.71. The van der Waals surface area contributed by atoms with E-state index >= 15 is 0 Å². The number of nitrogens with one attached hydrogen (secondary N) is 2. The van der Waals surface area contributed by atoms with Crippen molar-refractivity contribution in [2.45, 2.75) is 19.6 Å². The number of rotatable bonds is 5. The van der Waals surface area contributed by atoms with Crippen LogP contribution in [0.15, 0.2) is 24.3 Å². The second-order valence-corrected chi connectivity index (χ2v) is 4.52. The summed E-state index contributed by atoms with van der Waals surface area (Å²) in [5.41, 5.74) is 2.10. The maximum Gasteiger partial charge on any atom is 0.0705 e. The molecule has 2 rings (SSSR count). The minimum Gasteiger partial charge on any atom is -0.380 e. The minimum absolute atomic E-state index is 0.207. The van der Waals surface area contributed by atoms with Gasteiger partial charge in [0.2, 0.25) is 0 Å². The topological polar surface area (TPSA) is 37.0 Å². The van der Waals surface area contributed by atoms with Gasteiger partial charge in [-0.3, -0.25) is 0 Å². The lowest BCUT2D eigenvalue weighted by Crippen LogP contribution is -2.25. The Morgan fingerprint density at radius 3 is 2.88 bits per heavy atom. The zero-order valence-electron chi connectivity index (χ0n) is 10.1. The van der Waals surface area contributed by atoms with Crippen LogP contribution in [0.1, 0.15) is 12.6 Å². The van der Waals surface area contributed by atoms with E-state index in [2.05, 4.69) is 10.3 Å². The molecule has 0 saturated carbocycles. The first kappa shape index (κ1) is 12.4. The number of para-hydroxylation sites is 1. The number of benzene rings is 1. The Balaban J connectivity index is 2.06. The normalized spacial score (nSPS) is 13.1. The predicted molar refractivity (Wildman–Crippen MR) is 71.5 cm³/mol. The lowest BCUT2D eigenvalue weighted by Gasteiger charge is -2.09. The van der Waals surface area contributed by atoms with Crippen molar-refractivity contribution in [2.24, 2.45) is 0 Å². The summed E-state index contributed by atoms with van der Waals surface area (Å²) in [6.07, 6.45) is 0.207. The van der Waals surface area contributed by atoms with Crippen LogP contribution in [0.5, 0.6) is 0 Å². The first-order valence-corrected chi connectivity index (χ1v) is 6.08. The van der Waals surface area contributed by atoms with Gasteiger partial charge in [-0.1, -0.05) is 29.8 Å². The molecule has 0 aliphatic rings. The SMILES string of the molecule is COC(C)CNCc1[nH]c2ccccc2c1Cl. The van der Waals surface area contributed by atoms with Crippen LogP contribution in [0.25, 0.3) is 10.9 Å². The highest BCUT2D eigenvalue weighted by atomic mass is 35.5. The summed E-state index contributed by atoms with van der Waals surface area (Å²) in [5, 5.41) is 5.19. The van der Waals surface area contributed by atoms with E-state index < -0.39 is 0 Å². The highest BCUT2D eigenvalue weighted by molar-refractivity contribution is 6.36. The predicted octanol–water partition coefficient (Wildman–Crippen LogP) is 2.95. The molecule has 0 aliphatic carbocycles. The van der Waals surface area contributed by atoms with Gasteiger partial charge < -0.3 is 15.0 Å². The van der Waals surface area contributed by atoms with Gasteiger partial charge in [0.15, 0.2) is 0 Å². The van der Waals surface area contributed by atoms with E-state index in [0.29, 0.717) is 0 Å². The van der Waals surface area contributed by atoms with Crippen molar-refractivity contribution in [2.75, 3.05) is 13.7 Å². The molecule has 2 aromatic rings. The molecule has 0 spiro atoms. The highest BCUT2D eigenvalue weighted by Crippen LogP contribution is 2.26. The smallest absolute Gasteiger partial charge is 0.0705 e. The van der Waals surface area contributed by atoms with Gasteiger partial charge in [-0.2, -0.15) is 0 Å². The van der Waals surface area contributed by atoms with E-state index in [9.17, 15) is 0 Å².